The number of ether oxygens (including phenoxy) is 1. The number of hydrogen-bond donors (Lipinski definition) is 5. The van der Waals surface area contributed by atoms with E-state index in [1.165, 1.54) is 10.9 Å². The highest BCUT2D eigenvalue weighted by molar-refractivity contribution is 7.80. The second-order valence-electron chi connectivity index (χ2n) is 5.85. The zero-order valence-electron chi connectivity index (χ0n) is 14.1. The second kappa shape index (κ2) is 8.27. The number of aromatic amines is 1. The molecule has 0 radical (unpaired) electrons. The Morgan fingerprint density at radius 2 is 2.33 bits per heavy atom. The molecule has 0 aromatic carbocycles. The number of hydrogen-bond acceptors (Lipinski definition) is 10. The lowest BCUT2D eigenvalue weighted by Gasteiger charge is -2.19. The minimum atomic E-state index is -4.33. The monoisotopic (exact) mass is 421 g/mol. The highest BCUT2D eigenvalue weighted by atomic mass is 32.1. The molecule has 27 heavy (non-hydrogen) atoms. The Bertz CT molecular complexity index is 905. The molecule has 3 rings (SSSR count). The van der Waals surface area contributed by atoms with E-state index in [2.05, 4.69) is 27.6 Å². The smallest absolute Gasteiger partial charge is 0.394 e. The number of aliphatic hydroxyl groups excluding tert-OH is 1. The predicted molar refractivity (Wildman–Crippen MR) is 97.3 cm³/mol. The molecule has 12 nitrogen and oxygen atoms in total. The quantitative estimate of drug-likeness (QED) is 0.218. The molecular formula is C13H20N5O7PS. The Morgan fingerprint density at radius 1 is 1.56 bits per heavy atom. The van der Waals surface area contributed by atoms with Crippen molar-refractivity contribution < 1.29 is 28.3 Å². The van der Waals surface area contributed by atoms with Gasteiger partial charge in [0, 0.05) is 6.42 Å². The lowest BCUT2D eigenvalue weighted by Crippen LogP contribution is -2.27. The van der Waals surface area contributed by atoms with Crippen molar-refractivity contribution in [2.24, 2.45) is 0 Å². The van der Waals surface area contributed by atoms with E-state index in [0.717, 1.165) is 0 Å². The number of nitrogens with one attached hydrogen (secondary N) is 1. The predicted octanol–water partition coefficient (Wildman–Crippen LogP) is -0.196. The van der Waals surface area contributed by atoms with Crippen LogP contribution in [0.4, 0.5) is 5.95 Å². The number of aliphatic hydroxyl groups is 1. The fraction of sp³-hybridized carbons (Fsp3) is 0.615. The third-order valence-electron chi connectivity index (χ3n) is 3.95. The summed E-state index contributed by atoms with van der Waals surface area (Å²) in [4.78, 5) is 32.1. The lowest BCUT2D eigenvalue weighted by atomic mass is 10.2. The van der Waals surface area contributed by atoms with E-state index >= 15 is 0 Å². The van der Waals surface area contributed by atoms with E-state index in [1.54, 1.807) is 0 Å². The molecule has 0 aliphatic carbocycles. The van der Waals surface area contributed by atoms with Gasteiger partial charge in [-0.2, -0.15) is 17.6 Å². The first-order valence-corrected chi connectivity index (χ1v) is 10.2. The molecule has 14 heteroatoms. The average molecular weight is 421 g/mol. The molecule has 1 fully saturated rings. The van der Waals surface area contributed by atoms with E-state index in [9.17, 15) is 19.4 Å². The van der Waals surface area contributed by atoms with Crippen molar-refractivity contribution in [3.63, 3.8) is 0 Å². The van der Waals surface area contributed by atoms with Gasteiger partial charge < -0.3 is 20.5 Å². The van der Waals surface area contributed by atoms with Crippen molar-refractivity contribution in [1.29, 1.82) is 0 Å². The number of nitrogens with zero attached hydrogens (tertiary/aromatic N) is 3. The van der Waals surface area contributed by atoms with Crippen LogP contribution in [0, 0.1) is 0 Å². The summed E-state index contributed by atoms with van der Waals surface area (Å²) in [5.41, 5.74) is 5.33. The maximum Gasteiger partial charge on any atom is 0.472 e. The number of aromatic nitrogens is 4. The molecule has 3 heterocycles. The molecule has 1 aliphatic heterocycles. The molecule has 0 bridgehead atoms. The van der Waals surface area contributed by atoms with Gasteiger partial charge in [-0.15, -0.1) is 0 Å². The number of rotatable bonds is 8. The molecule has 2 aromatic heterocycles. The van der Waals surface area contributed by atoms with Gasteiger partial charge in [-0.05, 0) is 12.2 Å². The number of H-pyrrole nitrogens is 1. The molecule has 4 atom stereocenters. The Kier molecular flexibility index (Phi) is 6.21. The van der Waals surface area contributed by atoms with Crippen molar-refractivity contribution in [2.45, 2.75) is 31.3 Å². The largest absolute Gasteiger partial charge is 0.472 e. The third-order valence-corrected chi connectivity index (χ3v) is 5.31. The molecule has 1 saturated heterocycles. The Labute approximate surface area is 158 Å². The van der Waals surface area contributed by atoms with Gasteiger partial charge in [-0.3, -0.25) is 23.4 Å². The molecular weight excluding hydrogens is 401 g/mol. The van der Waals surface area contributed by atoms with Gasteiger partial charge in [0.15, 0.2) is 11.2 Å². The number of anilines is 1. The zero-order valence-corrected chi connectivity index (χ0v) is 15.9. The fourth-order valence-electron chi connectivity index (χ4n) is 2.75. The summed E-state index contributed by atoms with van der Waals surface area (Å²) in [5, 5.41) is 9.52. The molecule has 1 unspecified atom stereocenters. The first-order chi connectivity index (χ1) is 12.8. The number of thiol groups is 1. The minimum Gasteiger partial charge on any atom is -0.394 e. The number of phosphoric ester groups is 1. The average Bonchev–Trinajstić information content (AvgIpc) is 3.18. The van der Waals surface area contributed by atoms with Crippen molar-refractivity contribution in [1.82, 2.24) is 19.5 Å². The molecule has 150 valence electrons. The van der Waals surface area contributed by atoms with Crippen LogP contribution in [0.15, 0.2) is 11.1 Å². The van der Waals surface area contributed by atoms with E-state index < -0.39 is 38.4 Å². The number of phosphoric acid groups is 1. The van der Waals surface area contributed by atoms with E-state index in [0.29, 0.717) is 12.2 Å². The van der Waals surface area contributed by atoms with Gasteiger partial charge in [0.25, 0.3) is 5.56 Å². The van der Waals surface area contributed by atoms with Gasteiger partial charge in [-0.1, -0.05) is 0 Å². The number of fused-ring (bicyclic) bond motifs is 1. The van der Waals surface area contributed by atoms with Gasteiger partial charge in [0.05, 0.1) is 19.5 Å². The lowest BCUT2D eigenvalue weighted by molar-refractivity contribution is -0.0437. The van der Waals surface area contributed by atoms with Crippen LogP contribution < -0.4 is 11.3 Å². The zero-order chi connectivity index (χ0) is 19.6. The maximum atomic E-state index is 12.1. The first-order valence-electron chi connectivity index (χ1n) is 8.10. The van der Waals surface area contributed by atoms with Crippen LogP contribution in [0.2, 0.25) is 0 Å². The standard InChI is InChI=1S/C13H20N5O7PS/c14-13-16-11-10(12(20)17-13)15-6-18(11)9-4-7(8(5-19)24-9)25-26(21,22)23-2-1-3-27/h6-9,19,27H,1-5H2,(H,21,22)(H3,14,16,17,20)/t7-,8+,9+/m0/s1. The van der Waals surface area contributed by atoms with Crippen LogP contribution in [-0.2, 0) is 18.3 Å². The second-order valence-corrected chi connectivity index (χ2v) is 7.70. The minimum absolute atomic E-state index is 0.0101. The van der Waals surface area contributed by atoms with Crippen LogP contribution in [-0.4, -0.2) is 60.7 Å². The van der Waals surface area contributed by atoms with Crippen LogP contribution in [0.25, 0.3) is 11.2 Å². The highest BCUT2D eigenvalue weighted by Gasteiger charge is 2.41. The summed E-state index contributed by atoms with van der Waals surface area (Å²) in [6.45, 7) is -0.434. The highest BCUT2D eigenvalue weighted by Crippen LogP contribution is 2.48. The molecule has 5 N–H and O–H groups in total. The topological polar surface area (TPSA) is 175 Å². The number of nitrogen functional groups attached to an aromatic ring is 1. The van der Waals surface area contributed by atoms with Crippen LogP contribution >= 0.6 is 20.5 Å². The van der Waals surface area contributed by atoms with Crippen LogP contribution in [0.5, 0.6) is 0 Å². The van der Waals surface area contributed by atoms with Crippen LogP contribution in [0.1, 0.15) is 19.1 Å². The molecule has 2 aromatic rings. The number of nitrogens with two attached hydrogens (primary N) is 1. The van der Waals surface area contributed by atoms with Gasteiger partial charge in [-0.25, -0.2) is 9.55 Å². The third kappa shape index (κ3) is 4.51. The van der Waals surface area contributed by atoms with Gasteiger partial charge in [0.2, 0.25) is 5.95 Å². The van der Waals surface area contributed by atoms with Gasteiger partial charge in [0.1, 0.15) is 18.4 Å². The Balaban J connectivity index is 1.78. The van der Waals surface area contributed by atoms with E-state index in [-0.39, 0.29) is 30.1 Å². The summed E-state index contributed by atoms with van der Waals surface area (Å²) < 4.78 is 29.2. The van der Waals surface area contributed by atoms with E-state index in [1.807, 2.05) is 0 Å². The summed E-state index contributed by atoms with van der Waals surface area (Å²) in [6, 6.07) is 0. The normalized spacial score (nSPS) is 25.1. The summed E-state index contributed by atoms with van der Waals surface area (Å²) in [5.74, 6) is 0.410. The SMILES string of the molecule is Nc1nc2c(ncn2[C@H]2C[C@H](OP(=O)(O)OCCCS)[C@@H](CO)O2)c(=O)[nH]1. The molecule has 0 amide bonds. The first kappa shape index (κ1) is 20.3. The van der Waals surface area contributed by atoms with Gasteiger partial charge >= 0.3 is 7.82 Å². The maximum absolute atomic E-state index is 12.1. The summed E-state index contributed by atoms with van der Waals surface area (Å²) in [7, 11) is -4.33. The summed E-state index contributed by atoms with van der Waals surface area (Å²) >= 11 is 3.99. The van der Waals surface area contributed by atoms with Crippen molar-refractivity contribution in [3.05, 3.63) is 16.7 Å². The van der Waals surface area contributed by atoms with Crippen LogP contribution in [0.3, 0.4) is 0 Å². The van der Waals surface area contributed by atoms with Crippen molar-refractivity contribution in [2.75, 3.05) is 24.7 Å². The molecule has 0 saturated carbocycles. The van der Waals surface area contributed by atoms with E-state index in [4.69, 9.17) is 19.5 Å². The molecule has 1 aliphatic rings. The van der Waals surface area contributed by atoms with Crippen molar-refractivity contribution in [3.8, 4) is 0 Å². The van der Waals surface area contributed by atoms with Crippen molar-refractivity contribution >= 4 is 37.6 Å². The Morgan fingerprint density at radius 3 is 3.04 bits per heavy atom. The Hall–Kier alpha value is -1.47. The number of imidazole rings is 1. The summed E-state index contributed by atoms with van der Waals surface area (Å²) in [6.07, 6.45) is -0.596. The molecule has 0 spiro atoms. The fourth-order valence-corrected chi connectivity index (χ4v) is 3.86.